The number of carbonyl (C=O) groups is 1. The Morgan fingerprint density at radius 2 is 2.07 bits per heavy atom. The molecule has 2 aromatic rings. The number of hydrogen-bond donors (Lipinski definition) is 2. The van der Waals surface area contributed by atoms with Crippen LogP contribution in [0.25, 0.3) is 0 Å². The lowest BCUT2D eigenvalue weighted by molar-refractivity contribution is -0.385. The number of amides is 1. The van der Waals surface area contributed by atoms with Gasteiger partial charge in [-0.1, -0.05) is 12.1 Å². The Morgan fingerprint density at radius 3 is 2.74 bits per heavy atom. The number of hydrazone groups is 1. The van der Waals surface area contributed by atoms with Crippen LogP contribution in [0.1, 0.15) is 16.7 Å². The summed E-state index contributed by atoms with van der Waals surface area (Å²) in [5.74, 6) is -0.331. The largest absolute Gasteiger partial charge is 0.504 e. The quantitative estimate of drug-likeness (QED) is 0.436. The third-order valence-corrected chi connectivity index (χ3v) is 3.83. The molecule has 9 heteroatoms. The molecule has 0 aliphatic carbocycles. The Labute approximate surface area is 155 Å². The molecule has 0 saturated heterocycles. The van der Waals surface area contributed by atoms with Gasteiger partial charge in [-0.2, -0.15) is 5.10 Å². The van der Waals surface area contributed by atoms with E-state index in [9.17, 15) is 20.0 Å². The van der Waals surface area contributed by atoms with Gasteiger partial charge in [0.05, 0.1) is 24.3 Å². The number of nitrogens with zero attached hydrogens (tertiary/aromatic N) is 2. The van der Waals surface area contributed by atoms with E-state index >= 15 is 0 Å². The van der Waals surface area contributed by atoms with E-state index in [2.05, 4.69) is 10.5 Å². The molecular weight excluding hydrogens is 354 g/mol. The molecule has 2 N–H and O–H groups in total. The molecule has 0 bridgehead atoms. The van der Waals surface area contributed by atoms with Gasteiger partial charge in [-0.15, -0.1) is 0 Å². The number of ether oxygens (including phenoxy) is 2. The summed E-state index contributed by atoms with van der Waals surface area (Å²) in [7, 11) is 1.27. The van der Waals surface area contributed by atoms with Crippen LogP contribution >= 0.6 is 0 Å². The summed E-state index contributed by atoms with van der Waals surface area (Å²) in [4.78, 5) is 22.1. The second-order valence-electron chi connectivity index (χ2n) is 5.62. The van der Waals surface area contributed by atoms with Crippen molar-refractivity contribution in [2.75, 3.05) is 13.7 Å². The fourth-order valence-corrected chi connectivity index (χ4v) is 2.20. The Kier molecular flexibility index (Phi) is 6.32. The predicted octanol–water partition coefficient (Wildman–Crippen LogP) is 2.45. The molecule has 9 nitrogen and oxygen atoms in total. The van der Waals surface area contributed by atoms with E-state index in [0.29, 0.717) is 5.75 Å². The van der Waals surface area contributed by atoms with Crippen LogP contribution in [0.5, 0.6) is 17.2 Å². The van der Waals surface area contributed by atoms with Gasteiger partial charge in [0.15, 0.2) is 18.1 Å². The maximum Gasteiger partial charge on any atom is 0.277 e. The molecule has 0 unspecified atom stereocenters. The fourth-order valence-electron chi connectivity index (χ4n) is 2.20. The average Bonchev–Trinajstić information content (AvgIpc) is 2.64. The second-order valence-corrected chi connectivity index (χ2v) is 5.62. The smallest absolute Gasteiger partial charge is 0.277 e. The first-order chi connectivity index (χ1) is 12.8. The molecule has 0 heterocycles. The highest BCUT2D eigenvalue weighted by atomic mass is 16.6. The van der Waals surface area contributed by atoms with Gasteiger partial charge >= 0.3 is 0 Å². The second kappa shape index (κ2) is 8.65. The lowest BCUT2D eigenvalue weighted by Gasteiger charge is -2.09. The van der Waals surface area contributed by atoms with Crippen molar-refractivity contribution in [1.82, 2.24) is 5.43 Å². The number of non-ortho nitro benzene ring substituents is 1. The summed E-state index contributed by atoms with van der Waals surface area (Å²) >= 11 is 0. The lowest BCUT2D eigenvalue weighted by atomic mass is 10.1. The first kappa shape index (κ1) is 19.7. The maximum atomic E-state index is 11.8. The summed E-state index contributed by atoms with van der Waals surface area (Å²) in [6, 6.07) is 7.72. The van der Waals surface area contributed by atoms with Crippen LogP contribution in [-0.4, -0.2) is 35.9 Å². The number of phenolic OH excluding ortho intramolecular Hbond substituents is 1. The molecule has 142 valence electrons. The molecule has 0 spiro atoms. The monoisotopic (exact) mass is 373 g/mol. The predicted molar refractivity (Wildman–Crippen MR) is 98.5 cm³/mol. The van der Waals surface area contributed by atoms with Crippen LogP contribution in [0.2, 0.25) is 0 Å². The van der Waals surface area contributed by atoms with E-state index in [1.54, 1.807) is 6.07 Å². The number of rotatable bonds is 7. The number of aromatic hydroxyl groups is 1. The van der Waals surface area contributed by atoms with Crippen molar-refractivity contribution < 1.29 is 24.3 Å². The minimum Gasteiger partial charge on any atom is -0.504 e. The lowest BCUT2D eigenvalue weighted by Crippen LogP contribution is -2.24. The molecule has 0 aromatic heterocycles. The minimum absolute atomic E-state index is 0.0248. The summed E-state index contributed by atoms with van der Waals surface area (Å²) in [5.41, 5.74) is 3.95. The van der Waals surface area contributed by atoms with Gasteiger partial charge in [-0.25, -0.2) is 5.43 Å². The van der Waals surface area contributed by atoms with Crippen LogP contribution < -0.4 is 14.9 Å². The van der Waals surface area contributed by atoms with Crippen molar-refractivity contribution in [1.29, 1.82) is 0 Å². The summed E-state index contributed by atoms with van der Waals surface area (Å²) in [6.07, 6.45) is 1.08. The Balaban J connectivity index is 2.02. The minimum atomic E-state index is -0.629. The van der Waals surface area contributed by atoms with E-state index in [1.165, 1.54) is 7.11 Å². The van der Waals surface area contributed by atoms with Gasteiger partial charge in [-0.05, 0) is 31.0 Å². The van der Waals surface area contributed by atoms with E-state index in [1.807, 2.05) is 26.0 Å². The van der Waals surface area contributed by atoms with Crippen molar-refractivity contribution >= 4 is 17.8 Å². The molecular formula is C18H19N3O6. The Hall–Kier alpha value is -3.62. The number of nitro groups is 1. The molecule has 0 atom stereocenters. The van der Waals surface area contributed by atoms with Gasteiger partial charge in [0.2, 0.25) is 0 Å². The van der Waals surface area contributed by atoms with Gasteiger partial charge in [-0.3, -0.25) is 14.9 Å². The fraction of sp³-hybridized carbons (Fsp3) is 0.222. The topological polar surface area (TPSA) is 123 Å². The van der Waals surface area contributed by atoms with Crippen LogP contribution in [-0.2, 0) is 4.79 Å². The number of aryl methyl sites for hydroxylation is 1. The van der Waals surface area contributed by atoms with E-state index in [4.69, 9.17) is 9.47 Å². The number of nitrogens with one attached hydrogen (secondary N) is 1. The van der Waals surface area contributed by atoms with E-state index in [0.717, 1.165) is 29.5 Å². The van der Waals surface area contributed by atoms with Crippen molar-refractivity contribution in [3.8, 4) is 17.2 Å². The number of benzene rings is 2. The van der Waals surface area contributed by atoms with Crippen LogP contribution in [0.15, 0.2) is 35.4 Å². The third-order valence-electron chi connectivity index (χ3n) is 3.83. The van der Waals surface area contributed by atoms with Crippen molar-refractivity contribution in [2.45, 2.75) is 13.8 Å². The highest BCUT2D eigenvalue weighted by molar-refractivity contribution is 5.87. The first-order valence-corrected chi connectivity index (χ1v) is 7.89. The summed E-state index contributed by atoms with van der Waals surface area (Å²) in [6.45, 7) is 3.57. The molecule has 2 rings (SSSR count). The number of hydrogen-bond acceptors (Lipinski definition) is 7. The third kappa shape index (κ3) is 4.94. The zero-order valence-electron chi connectivity index (χ0n) is 15.1. The molecule has 2 aromatic carbocycles. The Bertz CT molecular complexity index is 895. The number of methoxy groups -OCH3 is 1. The molecule has 27 heavy (non-hydrogen) atoms. The Morgan fingerprint density at radius 1 is 1.33 bits per heavy atom. The zero-order chi connectivity index (χ0) is 20.0. The van der Waals surface area contributed by atoms with E-state index in [-0.39, 0.29) is 29.4 Å². The van der Waals surface area contributed by atoms with Crippen molar-refractivity contribution in [2.24, 2.45) is 5.10 Å². The van der Waals surface area contributed by atoms with Gasteiger partial charge in [0, 0.05) is 11.6 Å². The van der Waals surface area contributed by atoms with Crippen LogP contribution in [0.3, 0.4) is 0 Å². The molecule has 1 amide bonds. The molecule has 0 aliphatic heterocycles. The maximum absolute atomic E-state index is 11.8. The van der Waals surface area contributed by atoms with E-state index < -0.39 is 10.8 Å². The van der Waals surface area contributed by atoms with Crippen molar-refractivity contribution in [3.05, 3.63) is 57.1 Å². The molecule has 0 aliphatic rings. The molecule has 0 fully saturated rings. The highest BCUT2D eigenvalue weighted by Gasteiger charge is 2.15. The van der Waals surface area contributed by atoms with Crippen molar-refractivity contribution in [3.63, 3.8) is 0 Å². The number of carbonyl (C=O) groups excluding carboxylic acids is 1. The van der Waals surface area contributed by atoms with Gasteiger partial charge in [0.25, 0.3) is 11.6 Å². The molecule has 0 radical (unpaired) electrons. The van der Waals surface area contributed by atoms with Crippen LogP contribution in [0, 0.1) is 24.0 Å². The highest BCUT2D eigenvalue weighted by Crippen LogP contribution is 2.33. The van der Waals surface area contributed by atoms with Gasteiger partial charge < -0.3 is 14.6 Å². The number of phenols is 1. The average molecular weight is 373 g/mol. The standard InChI is InChI=1S/C18H19N3O6/c1-11-5-4-6-15(12(11)2)27-10-17(22)20-19-9-13-7-14(21(24)25)8-16(26-3)18(13)23/h4-9,23H,10H2,1-3H3,(H,20,22)/b19-9+. The SMILES string of the molecule is COc1cc([N+](=O)[O-])cc(/C=N/NC(=O)COc2cccc(C)c2C)c1O. The summed E-state index contributed by atoms with van der Waals surface area (Å²) in [5, 5.41) is 24.6. The normalized spacial score (nSPS) is 10.6. The first-order valence-electron chi connectivity index (χ1n) is 7.89. The molecule has 0 saturated carbocycles. The van der Waals surface area contributed by atoms with Crippen LogP contribution in [0.4, 0.5) is 5.69 Å². The van der Waals surface area contributed by atoms with Gasteiger partial charge in [0.1, 0.15) is 5.75 Å². The summed E-state index contributed by atoms with van der Waals surface area (Å²) < 4.78 is 10.3. The zero-order valence-corrected chi connectivity index (χ0v) is 15.1. The number of nitro benzene ring substituents is 1.